The summed E-state index contributed by atoms with van der Waals surface area (Å²) in [5.74, 6) is -1.32. The smallest absolute Gasteiger partial charge is 0.309 e. The van der Waals surface area contributed by atoms with Gasteiger partial charge in [-0.25, -0.2) is 0 Å². The third-order valence-corrected chi connectivity index (χ3v) is 11.4. The van der Waals surface area contributed by atoms with E-state index in [4.69, 9.17) is 15.2 Å². The predicted molar refractivity (Wildman–Crippen MR) is 160 cm³/mol. The van der Waals surface area contributed by atoms with Gasteiger partial charge in [-0.2, -0.15) is 0 Å². The van der Waals surface area contributed by atoms with Crippen LogP contribution in [-0.4, -0.2) is 87.5 Å². The van der Waals surface area contributed by atoms with Gasteiger partial charge < -0.3 is 35.4 Å². The van der Waals surface area contributed by atoms with E-state index in [0.717, 1.165) is 0 Å². The quantitative estimate of drug-likeness (QED) is 0.368. The number of likely N-dealkylation sites (N-methyl/N-ethyl adjacent to an activating group) is 1. The maximum Gasteiger partial charge on any atom is 0.309 e. The van der Waals surface area contributed by atoms with Crippen LogP contribution in [0.5, 0.6) is 0 Å². The van der Waals surface area contributed by atoms with Gasteiger partial charge in [0, 0.05) is 24.5 Å². The molecular formula is C32H62N2O6. The molecule has 5 N–H and O–H groups in total. The number of ether oxygens (including phenoxy) is 2. The van der Waals surface area contributed by atoms with Crippen LogP contribution in [0, 0.1) is 34.5 Å². The molecule has 0 aromatic rings. The second-order valence-electron chi connectivity index (χ2n) is 15.2. The van der Waals surface area contributed by atoms with E-state index >= 15 is 0 Å². The van der Waals surface area contributed by atoms with Gasteiger partial charge in [0.25, 0.3) is 0 Å². The highest BCUT2D eigenvalue weighted by molar-refractivity contribution is 5.73. The molecule has 8 heteroatoms. The van der Waals surface area contributed by atoms with Crippen LogP contribution in [0.4, 0.5) is 0 Å². The van der Waals surface area contributed by atoms with E-state index in [1.807, 2.05) is 46.6 Å². The summed E-state index contributed by atoms with van der Waals surface area (Å²) in [6, 6.07) is -0.540. The molecule has 2 aliphatic rings. The summed E-state index contributed by atoms with van der Waals surface area (Å²) >= 11 is 0. The van der Waals surface area contributed by atoms with Gasteiger partial charge in [0.05, 0.1) is 23.7 Å². The lowest BCUT2D eigenvalue weighted by molar-refractivity contribution is -0.200. The second-order valence-corrected chi connectivity index (χ2v) is 15.2. The first-order valence-corrected chi connectivity index (χ1v) is 15.5. The fourth-order valence-corrected chi connectivity index (χ4v) is 7.58. The molecule has 12 atom stereocenters. The van der Waals surface area contributed by atoms with Crippen LogP contribution in [0.25, 0.3) is 0 Å². The molecule has 236 valence electrons. The van der Waals surface area contributed by atoms with Crippen molar-refractivity contribution in [3.8, 4) is 0 Å². The standard InChI is InChI=1S/C32H62N2O6/c1-14-24-32(12,38)27(35)21(5)34(13)17-18(2)15-31(11,37)30(9,10)20(4)25(19(3)28(36)40-24)23-16-29(7,8)26(33)22(6)39-23/h18-27,35,37-38H,14-17,33H2,1-13H3/t18-,19-,20+,21-,22?,23-,24-,25?,26+,27-,31-,32-/m1/s1. The van der Waals surface area contributed by atoms with Crippen LogP contribution < -0.4 is 5.73 Å². The number of hydrogen-bond donors (Lipinski definition) is 4. The Labute approximate surface area is 244 Å². The van der Waals surface area contributed by atoms with Crippen molar-refractivity contribution in [3.63, 3.8) is 0 Å². The van der Waals surface area contributed by atoms with Gasteiger partial charge in [-0.1, -0.05) is 55.4 Å². The number of carbonyl (C=O) groups excluding carboxylic acids is 1. The number of cyclic esters (lactones) is 1. The Hall–Kier alpha value is -0.770. The average molecular weight is 571 g/mol. The van der Waals surface area contributed by atoms with Crippen molar-refractivity contribution in [2.75, 3.05) is 13.6 Å². The number of nitrogens with zero attached hydrogens (tertiary/aromatic N) is 1. The topological polar surface area (TPSA) is 125 Å². The van der Waals surface area contributed by atoms with E-state index in [1.165, 1.54) is 0 Å². The lowest BCUT2D eigenvalue weighted by atomic mass is 9.57. The molecule has 2 unspecified atom stereocenters. The highest BCUT2D eigenvalue weighted by Crippen LogP contribution is 2.51. The molecular weight excluding hydrogens is 508 g/mol. The minimum Gasteiger partial charge on any atom is -0.459 e. The minimum absolute atomic E-state index is 0.106. The number of carbonyl (C=O) groups is 1. The monoisotopic (exact) mass is 570 g/mol. The van der Waals surface area contributed by atoms with Gasteiger partial charge in [-0.15, -0.1) is 0 Å². The molecule has 0 aliphatic carbocycles. The lowest BCUT2D eigenvalue weighted by Crippen LogP contribution is -2.59. The van der Waals surface area contributed by atoms with Crippen molar-refractivity contribution in [2.24, 2.45) is 40.2 Å². The summed E-state index contributed by atoms with van der Waals surface area (Å²) in [7, 11) is 1.92. The zero-order chi connectivity index (χ0) is 31.2. The third kappa shape index (κ3) is 6.89. The summed E-state index contributed by atoms with van der Waals surface area (Å²) in [5.41, 5.74) is 3.03. The molecule has 0 saturated carbocycles. The summed E-state index contributed by atoms with van der Waals surface area (Å²) in [6.45, 7) is 24.4. The van der Waals surface area contributed by atoms with Gasteiger partial charge in [0.2, 0.25) is 0 Å². The van der Waals surface area contributed by atoms with Gasteiger partial charge in [-0.05, 0) is 76.7 Å². The van der Waals surface area contributed by atoms with Crippen molar-refractivity contribution in [2.45, 2.75) is 150 Å². The van der Waals surface area contributed by atoms with E-state index in [9.17, 15) is 20.1 Å². The molecule has 2 heterocycles. The van der Waals surface area contributed by atoms with E-state index in [2.05, 4.69) is 41.5 Å². The summed E-state index contributed by atoms with van der Waals surface area (Å²) < 4.78 is 12.6. The van der Waals surface area contributed by atoms with E-state index in [-0.39, 0.29) is 41.4 Å². The van der Waals surface area contributed by atoms with E-state index in [0.29, 0.717) is 25.8 Å². The Kier molecular flexibility index (Phi) is 11.0. The number of rotatable bonds is 2. The van der Waals surface area contributed by atoms with Crippen molar-refractivity contribution >= 4 is 5.97 Å². The van der Waals surface area contributed by atoms with Crippen LogP contribution in [0.1, 0.15) is 102 Å². The van der Waals surface area contributed by atoms with Gasteiger partial charge in [0.1, 0.15) is 17.8 Å². The first-order chi connectivity index (χ1) is 18.0. The second kappa shape index (κ2) is 12.5. The molecule has 2 fully saturated rings. The molecule has 0 spiro atoms. The van der Waals surface area contributed by atoms with Gasteiger partial charge in [-0.3, -0.25) is 4.79 Å². The number of aliphatic hydroxyl groups excluding tert-OH is 1. The van der Waals surface area contributed by atoms with Crippen molar-refractivity contribution in [1.29, 1.82) is 0 Å². The molecule has 0 aromatic heterocycles. The lowest BCUT2D eigenvalue weighted by Gasteiger charge is -2.53. The van der Waals surface area contributed by atoms with Crippen LogP contribution in [-0.2, 0) is 14.3 Å². The molecule has 2 rings (SSSR count). The first kappa shape index (κ1) is 35.4. The summed E-state index contributed by atoms with van der Waals surface area (Å²) in [5, 5.41) is 34.9. The maximum atomic E-state index is 13.9. The van der Waals surface area contributed by atoms with Crippen molar-refractivity contribution < 1.29 is 29.6 Å². The molecule has 40 heavy (non-hydrogen) atoms. The Morgan fingerprint density at radius 3 is 2.05 bits per heavy atom. The van der Waals surface area contributed by atoms with Gasteiger partial charge >= 0.3 is 5.97 Å². The average Bonchev–Trinajstić information content (AvgIpc) is 2.82. The Morgan fingerprint density at radius 1 is 1.00 bits per heavy atom. The number of esters is 1. The fraction of sp³-hybridized carbons (Fsp3) is 0.969. The number of aliphatic hydroxyl groups is 3. The maximum absolute atomic E-state index is 13.9. The molecule has 0 amide bonds. The van der Waals surface area contributed by atoms with E-state index in [1.54, 1.807) is 6.92 Å². The number of nitrogens with two attached hydrogens (primary N) is 1. The number of hydrogen-bond acceptors (Lipinski definition) is 8. The SMILES string of the molecule is CC[C@H]1OC(=O)[C@H](C)C([C@H]2CC(C)(C)[C@@H](N)C(C)O2)[C@H](C)C(C)(C)[C@](C)(O)C[C@@H](C)CN(C)[C@H](C)[C@@H](O)[C@]1(C)O. The van der Waals surface area contributed by atoms with E-state index < -0.39 is 46.8 Å². The molecule has 2 aliphatic heterocycles. The molecule has 0 radical (unpaired) electrons. The minimum atomic E-state index is -1.66. The zero-order valence-electron chi connectivity index (χ0n) is 27.7. The molecule has 0 bridgehead atoms. The van der Waals surface area contributed by atoms with Crippen LogP contribution >= 0.6 is 0 Å². The molecule has 0 aromatic carbocycles. The Morgan fingerprint density at radius 2 is 1.55 bits per heavy atom. The normalized spacial score (nSPS) is 48.1. The summed E-state index contributed by atoms with van der Waals surface area (Å²) in [4.78, 5) is 15.9. The predicted octanol–water partition coefficient (Wildman–Crippen LogP) is 3.98. The Balaban J connectivity index is 2.67. The van der Waals surface area contributed by atoms with Crippen molar-refractivity contribution in [3.05, 3.63) is 0 Å². The van der Waals surface area contributed by atoms with Gasteiger partial charge in [0.15, 0.2) is 0 Å². The van der Waals surface area contributed by atoms with Crippen LogP contribution in [0.2, 0.25) is 0 Å². The molecule has 2 saturated heterocycles. The van der Waals surface area contributed by atoms with Crippen LogP contribution in [0.15, 0.2) is 0 Å². The first-order valence-electron chi connectivity index (χ1n) is 15.5. The van der Waals surface area contributed by atoms with Crippen LogP contribution in [0.3, 0.4) is 0 Å². The molecule has 8 nitrogen and oxygen atoms in total. The summed E-state index contributed by atoms with van der Waals surface area (Å²) in [6.07, 6.45) is -0.943. The highest BCUT2D eigenvalue weighted by atomic mass is 16.6. The highest BCUT2D eigenvalue weighted by Gasteiger charge is 2.54. The third-order valence-electron chi connectivity index (χ3n) is 11.4. The largest absolute Gasteiger partial charge is 0.459 e. The Bertz CT molecular complexity index is 858. The zero-order valence-corrected chi connectivity index (χ0v) is 27.7. The fourth-order valence-electron chi connectivity index (χ4n) is 7.58. The van der Waals surface area contributed by atoms with Crippen molar-refractivity contribution in [1.82, 2.24) is 4.90 Å².